The first kappa shape index (κ1) is 10.9. The van der Waals surface area contributed by atoms with Crippen molar-refractivity contribution in [3.63, 3.8) is 0 Å². The van der Waals surface area contributed by atoms with Gasteiger partial charge in [-0.1, -0.05) is 0 Å². The molecule has 2 saturated heterocycles. The maximum atomic E-state index is 5.16. The Bertz CT molecular complexity index is 353. The molecule has 3 rings (SSSR count). The number of piperidine rings is 1. The van der Waals surface area contributed by atoms with Crippen LogP contribution in [0.4, 0.5) is 11.4 Å². The Kier molecular flexibility index (Phi) is 3.18. The number of anilines is 2. The van der Waals surface area contributed by atoms with Crippen LogP contribution in [0.3, 0.4) is 0 Å². The summed E-state index contributed by atoms with van der Waals surface area (Å²) < 4.78 is 5.16. The summed E-state index contributed by atoms with van der Waals surface area (Å²) in [6, 6.07) is 9.33. The van der Waals surface area contributed by atoms with E-state index in [9.17, 15) is 0 Å². The fraction of sp³-hybridized carbons (Fsp3) is 0.571. The van der Waals surface area contributed by atoms with Gasteiger partial charge in [0.05, 0.1) is 19.3 Å². The van der Waals surface area contributed by atoms with Crippen LogP contribution in [0.25, 0.3) is 0 Å². The van der Waals surface area contributed by atoms with Gasteiger partial charge in [0.1, 0.15) is 0 Å². The van der Waals surface area contributed by atoms with Crippen LogP contribution < -0.4 is 10.2 Å². The van der Waals surface area contributed by atoms with Crippen LogP contribution in [0.2, 0.25) is 0 Å². The lowest BCUT2D eigenvalue weighted by Crippen LogP contribution is -2.40. The van der Waals surface area contributed by atoms with E-state index < -0.39 is 0 Å². The summed E-state index contributed by atoms with van der Waals surface area (Å²) in [5, 5.41) is 3.46. The Hall–Kier alpha value is -1.22. The molecular weight excluding hydrogens is 212 g/mol. The average molecular weight is 232 g/mol. The highest BCUT2D eigenvalue weighted by Crippen LogP contribution is 2.22. The first-order valence-corrected chi connectivity index (χ1v) is 6.61. The van der Waals surface area contributed by atoms with Crippen molar-refractivity contribution in [2.75, 3.05) is 36.5 Å². The maximum Gasteiger partial charge on any atom is 0.0728 e. The minimum absolute atomic E-state index is 0.510. The van der Waals surface area contributed by atoms with Crippen molar-refractivity contribution in [3.8, 4) is 0 Å². The third-order valence-electron chi connectivity index (χ3n) is 3.60. The van der Waals surface area contributed by atoms with Crippen molar-refractivity contribution in [1.29, 1.82) is 0 Å². The van der Waals surface area contributed by atoms with Gasteiger partial charge in [-0.05, 0) is 43.5 Å². The van der Waals surface area contributed by atoms with Gasteiger partial charge in [-0.25, -0.2) is 0 Å². The van der Waals surface area contributed by atoms with Crippen molar-refractivity contribution in [2.24, 2.45) is 0 Å². The van der Waals surface area contributed by atoms with Crippen molar-refractivity contribution in [1.82, 2.24) is 0 Å². The van der Waals surface area contributed by atoms with E-state index in [1.54, 1.807) is 0 Å². The van der Waals surface area contributed by atoms with Gasteiger partial charge in [0.2, 0.25) is 0 Å². The summed E-state index contributed by atoms with van der Waals surface area (Å²) in [4.78, 5) is 2.49. The molecule has 0 amide bonds. The molecule has 0 unspecified atom stereocenters. The van der Waals surface area contributed by atoms with Gasteiger partial charge >= 0.3 is 0 Å². The Morgan fingerprint density at radius 3 is 2.29 bits per heavy atom. The van der Waals surface area contributed by atoms with E-state index in [0.29, 0.717) is 6.04 Å². The molecule has 0 aliphatic carbocycles. The highest BCUT2D eigenvalue weighted by molar-refractivity contribution is 5.55. The summed E-state index contributed by atoms with van der Waals surface area (Å²) in [5.74, 6) is 0. The van der Waals surface area contributed by atoms with Crippen LogP contribution in [-0.4, -0.2) is 32.3 Å². The largest absolute Gasteiger partial charge is 0.378 e. The topological polar surface area (TPSA) is 24.5 Å². The highest BCUT2D eigenvalue weighted by atomic mass is 16.5. The minimum atomic E-state index is 0.510. The number of hydrogen-bond acceptors (Lipinski definition) is 3. The molecule has 0 aromatic heterocycles. The minimum Gasteiger partial charge on any atom is -0.378 e. The summed E-state index contributed by atoms with van der Waals surface area (Å²) in [7, 11) is 0. The number of nitrogens with one attached hydrogen (secondary N) is 1. The van der Waals surface area contributed by atoms with Gasteiger partial charge in [0, 0.05) is 24.5 Å². The molecule has 0 saturated carbocycles. The van der Waals surface area contributed by atoms with E-state index in [-0.39, 0.29) is 0 Å². The lowest BCUT2D eigenvalue weighted by Gasteiger charge is -2.30. The molecular formula is C14H20N2O. The molecule has 92 valence electrons. The molecule has 2 aliphatic heterocycles. The summed E-state index contributed by atoms with van der Waals surface area (Å²) in [6.45, 7) is 4.11. The fourth-order valence-electron chi connectivity index (χ4n) is 2.48. The van der Waals surface area contributed by atoms with Crippen molar-refractivity contribution >= 4 is 11.4 Å². The van der Waals surface area contributed by atoms with Crippen LogP contribution in [0.5, 0.6) is 0 Å². The third-order valence-corrected chi connectivity index (χ3v) is 3.60. The second-order valence-electron chi connectivity index (χ2n) is 4.97. The standard InChI is InChI=1S/C14H20N2O/c1-2-8-16(9-3-1)14-6-4-12(5-7-14)15-13-10-17-11-13/h4-7,13,15H,1-3,8-11H2. The van der Waals surface area contributed by atoms with Crippen LogP contribution in [0.1, 0.15) is 19.3 Å². The van der Waals surface area contributed by atoms with Gasteiger partial charge in [-0.15, -0.1) is 0 Å². The summed E-state index contributed by atoms with van der Waals surface area (Å²) in [5.41, 5.74) is 2.57. The van der Waals surface area contributed by atoms with Crippen molar-refractivity contribution in [3.05, 3.63) is 24.3 Å². The fourth-order valence-corrected chi connectivity index (χ4v) is 2.48. The van der Waals surface area contributed by atoms with Gasteiger partial charge < -0.3 is 15.0 Å². The monoisotopic (exact) mass is 232 g/mol. The van der Waals surface area contributed by atoms with Crippen LogP contribution in [-0.2, 0) is 4.74 Å². The molecule has 1 aromatic carbocycles. The van der Waals surface area contributed by atoms with E-state index in [1.165, 1.54) is 43.7 Å². The van der Waals surface area contributed by atoms with Crippen molar-refractivity contribution < 1.29 is 4.74 Å². The number of benzene rings is 1. The molecule has 0 radical (unpaired) electrons. The Balaban J connectivity index is 1.62. The molecule has 0 spiro atoms. The third kappa shape index (κ3) is 2.55. The van der Waals surface area contributed by atoms with Gasteiger partial charge in [0.25, 0.3) is 0 Å². The molecule has 2 aliphatic rings. The summed E-state index contributed by atoms with van der Waals surface area (Å²) in [6.07, 6.45) is 4.05. The normalized spacial score (nSPS) is 21.1. The predicted molar refractivity (Wildman–Crippen MR) is 70.7 cm³/mol. The molecule has 3 nitrogen and oxygen atoms in total. The van der Waals surface area contributed by atoms with E-state index in [0.717, 1.165) is 13.2 Å². The Labute approximate surface area is 103 Å². The molecule has 1 aromatic rings. The summed E-state index contributed by atoms with van der Waals surface area (Å²) >= 11 is 0. The zero-order chi connectivity index (χ0) is 11.5. The van der Waals surface area contributed by atoms with E-state index >= 15 is 0 Å². The predicted octanol–water partition coefficient (Wildman–Crippen LogP) is 2.49. The quantitative estimate of drug-likeness (QED) is 0.866. The second-order valence-corrected chi connectivity index (χ2v) is 4.97. The van der Waals surface area contributed by atoms with E-state index in [2.05, 4.69) is 34.5 Å². The number of hydrogen-bond donors (Lipinski definition) is 1. The highest BCUT2D eigenvalue weighted by Gasteiger charge is 2.17. The van der Waals surface area contributed by atoms with E-state index in [4.69, 9.17) is 4.74 Å². The molecule has 2 fully saturated rings. The van der Waals surface area contributed by atoms with Crippen LogP contribution >= 0.6 is 0 Å². The number of rotatable bonds is 3. The van der Waals surface area contributed by atoms with E-state index in [1.807, 2.05) is 0 Å². The van der Waals surface area contributed by atoms with Crippen molar-refractivity contribution in [2.45, 2.75) is 25.3 Å². The zero-order valence-corrected chi connectivity index (χ0v) is 10.2. The first-order chi connectivity index (χ1) is 8.42. The zero-order valence-electron chi connectivity index (χ0n) is 10.2. The first-order valence-electron chi connectivity index (χ1n) is 6.61. The number of nitrogens with zero attached hydrogens (tertiary/aromatic N) is 1. The molecule has 1 N–H and O–H groups in total. The Morgan fingerprint density at radius 1 is 1.00 bits per heavy atom. The average Bonchev–Trinajstić information content (AvgIpc) is 2.36. The van der Waals surface area contributed by atoms with Gasteiger partial charge in [-0.3, -0.25) is 0 Å². The molecule has 0 atom stereocenters. The lowest BCUT2D eigenvalue weighted by atomic mass is 10.1. The molecule has 2 heterocycles. The molecule has 3 heteroatoms. The SMILES string of the molecule is c1cc(N2CCCCC2)ccc1NC1COC1. The molecule has 0 bridgehead atoms. The number of ether oxygens (including phenoxy) is 1. The van der Waals surface area contributed by atoms with Gasteiger partial charge in [0.15, 0.2) is 0 Å². The Morgan fingerprint density at radius 2 is 1.71 bits per heavy atom. The van der Waals surface area contributed by atoms with Gasteiger partial charge in [-0.2, -0.15) is 0 Å². The smallest absolute Gasteiger partial charge is 0.0728 e. The maximum absolute atomic E-state index is 5.16. The molecule has 17 heavy (non-hydrogen) atoms. The van der Waals surface area contributed by atoms with Crippen LogP contribution in [0.15, 0.2) is 24.3 Å². The lowest BCUT2D eigenvalue weighted by molar-refractivity contribution is 0.0211. The second kappa shape index (κ2) is 4.96. The van der Waals surface area contributed by atoms with Crippen LogP contribution in [0, 0.1) is 0 Å².